The van der Waals surface area contributed by atoms with Gasteiger partial charge in [0.1, 0.15) is 0 Å². The van der Waals surface area contributed by atoms with E-state index < -0.39 is 21.7 Å². The van der Waals surface area contributed by atoms with Crippen molar-refractivity contribution in [1.29, 1.82) is 0 Å². The molecule has 1 amide bonds. The third-order valence-corrected chi connectivity index (χ3v) is 5.88. The van der Waals surface area contributed by atoms with Gasteiger partial charge in [0.15, 0.2) is 11.6 Å². The molecule has 2 rings (SSSR count). The fourth-order valence-electron chi connectivity index (χ4n) is 2.46. The van der Waals surface area contributed by atoms with Gasteiger partial charge in [-0.2, -0.15) is 0 Å². The molecule has 2 aromatic rings. The average Bonchev–Trinajstić information content (AvgIpc) is 2.57. The van der Waals surface area contributed by atoms with E-state index in [1.54, 1.807) is 6.07 Å². The van der Waals surface area contributed by atoms with Crippen LogP contribution in [0.5, 0.6) is 0 Å². The standard InChI is InChI=1S/C18H19BrF2N2O3S/c1-12-10-13(5-7-15(12)19)22-18(24)4-3-9-23(27(2,25)26)14-6-8-16(20)17(21)11-14/h5-8,10-11H,3-4,9H2,1-2H3,(H,22,24). The minimum atomic E-state index is -3.71. The highest BCUT2D eigenvalue weighted by atomic mass is 79.9. The molecule has 0 bridgehead atoms. The van der Waals surface area contributed by atoms with Crippen LogP contribution in [-0.4, -0.2) is 27.1 Å². The van der Waals surface area contributed by atoms with E-state index in [4.69, 9.17) is 0 Å². The highest BCUT2D eigenvalue weighted by Gasteiger charge is 2.19. The number of benzene rings is 2. The molecule has 1 N–H and O–H groups in total. The number of rotatable bonds is 7. The smallest absolute Gasteiger partial charge is 0.232 e. The Bertz CT molecular complexity index is 952. The number of hydrogen-bond acceptors (Lipinski definition) is 3. The molecule has 0 aromatic heterocycles. The lowest BCUT2D eigenvalue weighted by Crippen LogP contribution is -2.31. The Hall–Kier alpha value is -2.00. The lowest BCUT2D eigenvalue weighted by molar-refractivity contribution is -0.116. The summed E-state index contributed by atoms with van der Waals surface area (Å²) in [5.41, 5.74) is 1.62. The first-order valence-electron chi connectivity index (χ1n) is 8.06. The lowest BCUT2D eigenvalue weighted by Gasteiger charge is -2.22. The van der Waals surface area contributed by atoms with Crippen LogP contribution in [0.3, 0.4) is 0 Å². The molecule has 9 heteroatoms. The summed E-state index contributed by atoms with van der Waals surface area (Å²) in [7, 11) is -3.71. The molecular weight excluding hydrogens is 442 g/mol. The first-order chi connectivity index (χ1) is 12.6. The summed E-state index contributed by atoms with van der Waals surface area (Å²) in [6.07, 6.45) is 1.26. The van der Waals surface area contributed by atoms with Crippen molar-refractivity contribution in [3.05, 3.63) is 58.1 Å². The third-order valence-electron chi connectivity index (χ3n) is 3.80. The summed E-state index contributed by atoms with van der Waals surface area (Å²) >= 11 is 3.38. The van der Waals surface area contributed by atoms with Crippen LogP contribution in [0.15, 0.2) is 40.9 Å². The zero-order valence-corrected chi connectivity index (χ0v) is 17.2. The number of hydrogen-bond donors (Lipinski definition) is 1. The number of halogens is 3. The fourth-order valence-corrected chi connectivity index (χ4v) is 3.66. The summed E-state index contributed by atoms with van der Waals surface area (Å²) in [6, 6.07) is 8.25. The summed E-state index contributed by atoms with van der Waals surface area (Å²) in [6.45, 7) is 1.86. The molecular formula is C18H19BrF2N2O3S. The van der Waals surface area contributed by atoms with Gasteiger partial charge < -0.3 is 5.32 Å². The zero-order chi connectivity index (χ0) is 20.2. The predicted molar refractivity (Wildman–Crippen MR) is 105 cm³/mol. The minimum absolute atomic E-state index is 0.0142. The van der Waals surface area contributed by atoms with Crippen molar-refractivity contribution in [2.24, 2.45) is 0 Å². The number of carbonyl (C=O) groups excluding carboxylic acids is 1. The fraction of sp³-hybridized carbons (Fsp3) is 0.278. The van der Waals surface area contributed by atoms with Crippen molar-refractivity contribution < 1.29 is 22.0 Å². The number of nitrogens with zero attached hydrogens (tertiary/aromatic N) is 1. The molecule has 0 aliphatic heterocycles. The Balaban J connectivity index is 1.99. The number of sulfonamides is 1. The number of carbonyl (C=O) groups is 1. The summed E-state index contributed by atoms with van der Waals surface area (Å²) in [5, 5.41) is 2.74. The van der Waals surface area contributed by atoms with Crippen molar-refractivity contribution in [3.63, 3.8) is 0 Å². The average molecular weight is 461 g/mol. The Labute approximate surface area is 165 Å². The van der Waals surface area contributed by atoms with E-state index >= 15 is 0 Å². The van der Waals surface area contributed by atoms with Gasteiger partial charge in [0.05, 0.1) is 11.9 Å². The number of anilines is 2. The van der Waals surface area contributed by atoms with Crippen molar-refractivity contribution in [2.75, 3.05) is 22.4 Å². The molecule has 0 aliphatic rings. The Morgan fingerprint density at radius 1 is 1.15 bits per heavy atom. The molecule has 5 nitrogen and oxygen atoms in total. The summed E-state index contributed by atoms with van der Waals surface area (Å²) in [5.74, 6) is -2.46. The van der Waals surface area contributed by atoms with Crippen LogP contribution >= 0.6 is 15.9 Å². The predicted octanol–water partition coefficient (Wildman–Crippen LogP) is 4.22. The highest BCUT2D eigenvalue weighted by Crippen LogP contribution is 2.22. The zero-order valence-electron chi connectivity index (χ0n) is 14.8. The van der Waals surface area contributed by atoms with E-state index in [0.717, 1.165) is 32.7 Å². The molecule has 0 spiro atoms. The number of amides is 1. The summed E-state index contributed by atoms with van der Waals surface area (Å²) in [4.78, 5) is 12.1. The maximum Gasteiger partial charge on any atom is 0.232 e. The van der Waals surface area contributed by atoms with E-state index in [9.17, 15) is 22.0 Å². The van der Waals surface area contributed by atoms with Crippen molar-refractivity contribution in [1.82, 2.24) is 0 Å². The topological polar surface area (TPSA) is 66.5 Å². The molecule has 0 aliphatic carbocycles. The molecule has 0 fully saturated rings. The van der Waals surface area contributed by atoms with Crippen LogP contribution in [0.2, 0.25) is 0 Å². The third kappa shape index (κ3) is 6.00. The molecule has 0 saturated heterocycles. The van der Waals surface area contributed by atoms with Gasteiger partial charge in [0.25, 0.3) is 0 Å². The van der Waals surface area contributed by atoms with E-state index in [2.05, 4.69) is 21.2 Å². The van der Waals surface area contributed by atoms with Gasteiger partial charge in [-0.25, -0.2) is 17.2 Å². The SMILES string of the molecule is Cc1cc(NC(=O)CCCN(c2ccc(F)c(F)c2)S(C)(=O)=O)ccc1Br. The Morgan fingerprint density at radius 2 is 1.85 bits per heavy atom. The molecule has 0 atom stereocenters. The van der Waals surface area contributed by atoms with E-state index in [0.29, 0.717) is 5.69 Å². The van der Waals surface area contributed by atoms with Gasteiger partial charge in [0, 0.05) is 29.2 Å². The Morgan fingerprint density at radius 3 is 2.44 bits per heavy atom. The van der Waals surface area contributed by atoms with Crippen LogP contribution in [0.4, 0.5) is 20.2 Å². The van der Waals surface area contributed by atoms with Crippen molar-refractivity contribution in [3.8, 4) is 0 Å². The van der Waals surface area contributed by atoms with Crippen LogP contribution in [0.25, 0.3) is 0 Å². The van der Waals surface area contributed by atoms with Crippen molar-refractivity contribution >= 4 is 43.2 Å². The molecule has 2 aromatic carbocycles. The van der Waals surface area contributed by atoms with Gasteiger partial charge in [-0.15, -0.1) is 0 Å². The molecule has 0 unspecified atom stereocenters. The highest BCUT2D eigenvalue weighted by molar-refractivity contribution is 9.10. The van der Waals surface area contributed by atoms with Gasteiger partial charge in [0.2, 0.25) is 15.9 Å². The van der Waals surface area contributed by atoms with Crippen LogP contribution in [0, 0.1) is 18.6 Å². The van der Waals surface area contributed by atoms with E-state index in [1.165, 1.54) is 6.07 Å². The van der Waals surface area contributed by atoms with Gasteiger partial charge in [-0.3, -0.25) is 9.10 Å². The largest absolute Gasteiger partial charge is 0.326 e. The van der Waals surface area contributed by atoms with Gasteiger partial charge in [-0.05, 0) is 49.2 Å². The monoisotopic (exact) mass is 460 g/mol. The maximum absolute atomic E-state index is 13.4. The summed E-state index contributed by atoms with van der Waals surface area (Å²) < 4.78 is 52.3. The second-order valence-corrected chi connectivity index (χ2v) is 8.81. The van der Waals surface area contributed by atoms with Gasteiger partial charge in [-0.1, -0.05) is 15.9 Å². The quantitative estimate of drug-likeness (QED) is 0.672. The van der Waals surface area contributed by atoms with E-state index in [-0.39, 0.29) is 31.0 Å². The first-order valence-corrected chi connectivity index (χ1v) is 10.7. The normalized spacial score (nSPS) is 11.3. The molecule has 0 saturated carbocycles. The number of nitrogens with one attached hydrogen (secondary N) is 1. The van der Waals surface area contributed by atoms with E-state index in [1.807, 2.05) is 19.1 Å². The molecule has 27 heavy (non-hydrogen) atoms. The lowest BCUT2D eigenvalue weighted by atomic mass is 10.2. The van der Waals surface area contributed by atoms with Crippen LogP contribution in [0.1, 0.15) is 18.4 Å². The minimum Gasteiger partial charge on any atom is -0.326 e. The number of aryl methyl sites for hydroxylation is 1. The Kier molecular flexibility index (Phi) is 6.94. The van der Waals surface area contributed by atoms with Crippen LogP contribution < -0.4 is 9.62 Å². The first kappa shape index (κ1) is 21.3. The maximum atomic E-state index is 13.4. The van der Waals surface area contributed by atoms with Gasteiger partial charge >= 0.3 is 0 Å². The molecule has 146 valence electrons. The second kappa shape index (κ2) is 8.79. The second-order valence-electron chi connectivity index (χ2n) is 6.05. The molecule has 0 radical (unpaired) electrons. The van der Waals surface area contributed by atoms with Crippen LogP contribution in [-0.2, 0) is 14.8 Å². The van der Waals surface area contributed by atoms with Crippen molar-refractivity contribution in [2.45, 2.75) is 19.8 Å². The molecule has 0 heterocycles.